The number of hydrogen-bond acceptors (Lipinski definition) is 0. The van der Waals surface area contributed by atoms with Crippen molar-refractivity contribution in [2.75, 3.05) is 0 Å². The molecule has 0 fully saturated rings. The van der Waals surface area contributed by atoms with Crippen molar-refractivity contribution in [1.82, 2.24) is 4.98 Å². The van der Waals surface area contributed by atoms with Gasteiger partial charge in [-0.3, -0.25) is 0 Å². The van der Waals surface area contributed by atoms with Gasteiger partial charge in [-0.2, -0.15) is 0 Å². The summed E-state index contributed by atoms with van der Waals surface area (Å²) in [4.78, 5) is 3.29. The normalized spacial score (nSPS) is 10.8. The van der Waals surface area contributed by atoms with Crippen molar-refractivity contribution < 1.29 is 0 Å². The van der Waals surface area contributed by atoms with Crippen LogP contribution in [0.5, 0.6) is 0 Å². The second-order valence-electron chi connectivity index (χ2n) is 4.18. The van der Waals surface area contributed by atoms with E-state index in [0.717, 1.165) is 6.42 Å². The van der Waals surface area contributed by atoms with Gasteiger partial charge in [-0.05, 0) is 30.0 Å². The molecule has 0 bridgehead atoms. The molecule has 1 aromatic heterocycles. The summed E-state index contributed by atoms with van der Waals surface area (Å²) in [6.45, 7) is 0. The van der Waals surface area contributed by atoms with Crippen molar-refractivity contribution in [3.05, 3.63) is 78.3 Å². The maximum Gasteiger partial charge on any atom is 0.0456 e. The van der Waals surface area contributed by atoms with E-state index in [4.69, 9.17) is 0 Å². The Kier molecular flexibility index (Phi) is 2.66. The van der Waals surface area contributed by atoms with Crippen LogP contribution in [0.3, 0.4) is 0 Å². The molecule has 2 aromatic carbocycles. The maximum absolute atomic E-state index is 3.29. The van der Waals surface area contributed by atoms with E-state index >= 15 is 0 Å². The Bertz CT molecular complexity index is 608. The molecule has 1 heterocycles. The topological polar surface area (TPSA) is 15.8 Å². The second-order valence-corrected chi connectivity index (χ2v) is 4.18. The van der Waals surface area contributed by atoms with Gasteiger partial charge in [0.25, 0.3) is 0 Å². The number of aromatic nitrogens is 1. The zero-order valence-electron chi connectivity index (χ0n) is 9.56. The third-order valence-electron chi connectivity index (χ3n) is 3.02. The van der Waals surface area contributed by atoms with Gasteiger partial charge in [0.1, 0.15) is 0 Å². The molecule has 0 atom stereocenters. The molecule has 1 nitrogen and oxygen atoms in total. The van der Waals surface area contributed by atoms with Crippen molar-refractivity contribution in [2.24, 2.45) is 0 Å². The molecule has 1 radical (unpaired) electrons. The SMILES string of the molecule is [CH](Cc1ccccc1)c1c[nH]c2ccccc12. The highest BCUT2D eigenvalue weighted by molar-refractivity contribution is 5.84. The van der Waals surface area contributed by atoms with E-state index in [9.17, 15) is 0 Å². The molecular weight excluding hydrogens is 206 g/mol. The predicted molar refractivity (Wildman–Crippen MR) is 71.8 cm³/mol. The summed E-state index contributed by atoms with van der Waals surface area (Å²) in [5.74, 6) is 0. The molecule has 83 valence electrons. The third-order valence-corrected chi connectivity index (χ3v) is 3.02. The minimum atomic E-state index is 0.975. The average Bonchev–Trinajstić information content (AvgIpc) is 2.81. The van der Waals surface area contributed by atoms with Crippen LogP contribution >= 0.6 is 0 Å². The van der Waals surface area contributed by atoms with E-state index in [1.165, 1.54) is 22.0 Å². The number of H-pyrrole nitrogens is 1. The monoisotopic (exact) mass is 220 g/mol. The van der Waals surface area contributed by atoms with Gasteiger partial charge < -0.3 is 4.98 Å². The molecule has 17 heavy (non-hydrogen) atoms. The molecule has 0 amide bonds. The van der Waals surface area contributed by atoms with E-state index in [2.05, 4.69) is 72.2 Å². The van der Waals surface area contributed by atoms with Gasteiger partial charge >= 0.3 is 0 Å². The summed E-state index contributed by atoms with van der Waals surface area (Å²) in [5.41, 5.74) is 3.83. The summed E-state index contributed by atoms with van der Waals surface area (Å²) < 4.78 is 0. The number of fused-ring (bicyclic) bond motifs is 1. The van der Waals surface area contributed by atoms with E-state index in [1.54, 1.807) is 0 Å². The van der Waals surface area contributed by atoms with Crippen molar-refractivity contribution in [2.45, 2.75) is 6.42 Å². The summed E-state index contributed by atoms with van der Waals surface area (Å²) >= 11 is 0. The molecule has 0 aliphatic rings. The Morgan fingerprint density at radius 3 is 2.53 bits per heavy atom. The molecular formula is C16H14N. The Balaban J connectivity index is 1.82. The summed E-state index contributed by atoms with van der Waals surface area (Å²) in [6.07, 6.45) is 5.32. The largest absolute Gasteiger partial charge is 0.361 e. The number of rotatable bonds is 3. The Labute approximate surface area is 101 Å². The van der Waals surface area contributed by atoms with Crippen LogP contribution in [0.25, 0.3) is 10.9 Å². The van der Waals surface area contributed by atoms with E-state index in [0.29, 0.717) is 0 Å². The minimum absolute atomic E-state index is 0.975. The third kappa shape index (κ3) is 2.09. The molecule has 0 saturated carbocycles. The lowest BCUT2D eigenvalue weighted by molar-refractivity contribution is 1.17. The van der Waals surface area contributed by atoms with E-state index < -0.39 is 0 Å². The van der Waals surface area contributed by atoms with E-state index in [-0.39, 0.29) is 0 Å². The highest BCUT2D eigenvalue weighted by atomic mass is 14.7. The summed E-state index contributed by atoms with van der Waals surface area (Å²) in [7, 11) is 0. The maximum atomic E-state index is 3.29. The average molecular weight is 220 g/mol. The smallest absolute Gasteiger partial charge is 0.0456 e. The lowest BCUT2D eigenvalue weighted by atomic mass is 10.0. The molecule has 0 saturated heterocycles. The van der Waals surface area contributed by atoms with Crippen LogP contribution in [0, 0.1) is 6.42 Å². The molecule has 0 aliphatic heterocycles. The standard InChI is InChI=1S/C16H14N/c1-2-6-13(7-3-1)10-11-14-12-17-16-9-5-4-8-15(14)16/h1-9,11-12,17H,10H2. The van der Waals surface area contributed by atoms with Crippen molar-refractivity contribution in [1.29, 1.82) is 0 Å². The van der Waals surface area contributed by atoms with Gasteiger partial charge in [0.15, 0.2) is 0 Å². The highest BCUT2D eigenvalue weighted by Gasteiger charge is 2.02. The second kappa shape index (κ2) is 4.46. The van der Waals surface area contributed by atoms with Crippen molar-refractivity contribution >= 4 is 10.9 Å². The van der Waals surface area contributed by atoms with Crippen molar-refractivity contribution in [3.63, 3.8) is 0 Å². The van der Waals surface area contributed by atoms with Gasteiger partial charge in [0.2, 0.25) is 0 Å². The number of hydrogen-bond donors (Lipinski definition) is 1. The Morgan fingerprint density at radius 1 is 0.882 bits per heavy atom. The number of nitrogens with one attached hydrogen (secondary N) is 1. The fourth-order valence-electron chi connectivity index (χ4n) is 2.10. The fraction of sp³-hybridized carbons (Fsp3) is 0.0625. The molecule has 1 heteroatoms. The fourth-order valence-corrected chi connectivity index (χ4v) is 2.10. The van der Waals surface area contributed by atoms with Gasteiger partial charge in [-0.1, -0.05) is 48.5 Å². The van der Waals surface area contributed by atoms with Crippen LogP contribution in [-0.4, -0.2) is 4.98 Å². The van der Waals surface area contributed by atoms with Gasteiger partial charge in [0, 0.05) is 17.1 Å². The Morgan fingerprint density at radius 2 is 1.65 bits per heavy atom. The molecule has 0 unspecified atom stereocenters. The molecule has 0 aliphatic carbocycles. The highest BCUT2D eigenvalue weighted by Crippen LogP contribution is 2.20. The van der Waals surface area contributed by atoms with Crippen LogP contribution in [-0.2, 0) is 6.42 Å². The van der Waals surface area contributed by atoms with Crippen LogP contribution in [0.15, 0.2) is 60.8 Å². The lowest BCUT2D eigenvalue weighted by Crippen LogP contribution is -1.86. The van der Waals surface area contributed by atoms with Crippen LogP contribution in [0.1, 0.15) is 11.1 Å². The first-order valence-corrected chi connectivity index (χ1v) is 5.87. The first-order chi connectivity index (χ1) is 8.43. The van der Waals surface area contributed by atoms with Crippen LogP contribution in [0.4, 0.5) is 0 Å². The minimum Gasteiger partial charge on any atom is -0.361 e. The van der Waals surface area contributed by atoms with Gasteiger partial charge in [0.05, 0.1) is 0 Å². The number of aromatic amines is 1. The predicted octanol–water partition coefficient (Wildman–Crippen LogP) is 3.96. The van der Waals surface area contributed by atoms with E-state index in [1.807, 2.05) is 0 Å². The quantitative estimate of drug-likeness (QED) is 0.687. The van der Waals surface area contributed by atoms with Gasteiger partial charge in [-0.15, -0.1) is 0 Å². The summed E-state index contributed by atoms with van der Waals surface area (Å²) in [5, 5.41) is 1.29. The number of para-hydroxylation sites is 1. The molecule has 3 rings (SSSR count). The summed E-state index contributed by atoms with van der Waals surface area (Å²) in [6, 6.07) is 18.9. The van der Waals surface area contributed by atoms with Crippen LogP contribution in [0.2, 0.25) is 0 Å². The molecule has 1 N–H and O–H groups in total. The lowest BCUT2D eigenvalue weighted by Gasteiger charge is -2.00. The Hall–Kier alpha value is -2.02. The molecule has 3 aromatic rings. The van der Waals surface area contributed by atoms with Crippen molar-refractivity contribution in [3.8, 4) is 0 Å². The molecule has 0 spiro atoms. The number of benzene rings is 2. The zero-order valence-corrected chi connectivity index (χ0v) is 9.56. The first-order valence-electron chi connectivity index (χ1n) is 5.87. The van der Waals surface area contributed by atoms with Gasteiger partial charge in [-0.25, -0.2) is 0 Å². The van der Waals surface area contributed by atoms with Crippen LogP contribution < -0.4 is 0 Å². The zero-order chi connectivity index (χ0) is 11.5. The first kappa shape index (κ1) is 10.2.